The molecule has 4 heteroatoms. The van der Waals surface area contributed by atoms with Crippen molar-refractivity contribution in [3.8, 4) is 0 Å². The summed E-state index contributed by atoms with van der Waals surface area (Å²) in [5, 5.41) is 11.7. The van der Waals surface area contributed by atoms with Crippen LogP contribution >= 0.6 is 0 Å². The van der Waals surface area contributed by atoms with Gasteiger partial charge in [-0.15, -0.1) is 0 Å². The van der Waals surface area contributed by atoms with Gasteiger partial charge in [0.1, 0.15) is 0 Å². The Morgan fingerprint density at radius 2 is 2.47 bits per heavy atom. The molecule has 0 saturated carbocycles. The molecule has 0 saturated heterocycles. The Hall–Kier alpha value is -1.68. The van der Waals surface area contributed by atoms with E-state index >= 15 is 0 Å². The van der Waals surface area contributed by atoms with Crippen molar-refractivity contribution in [2.75, 3.05) is 6.54 Å². The highest BCUT2D eigenvalue weighted by Gasteiger charge is 1.97. The predicted molar refractivity (Wildman–Crippen MR) is 57.3 cm³/mol. The van der Waals surface area contributed by atoms with E-state index in [1.165, 1.54) is 0 Å². The molecule has 15 heavy (non-hydrogen) atoms. The summed E-state index contributed by atoms with van der Waals surface area (Å²) in [7, 11) is 0. The molecule has 0 spiro atoms. The molecule has 0 aromatic carbocycles. The van der Waals surface area contributed by atoms with Gasteiger partial charge in [-0.1, -0.05) is 12.1 Å². The van der Waals surface area contributed by atoms with Gasteiger partial charge < -0.3 is 10.4 Å². The van der Waals surface area contributed by atoms with Gasteiger partial charge in [0.15, 0.2) is 0 Å². The van der Waals surface area contributed by atoms with Crippen molar-refractivity contribution in [1.29, 1.82) is 0 Å². The van der Waals surface area contributed by atoms with E-state index in [0.29, 0.717) is 18.7 Å². The first-order valence-electron chi connectivity index (χ1n) is 4.70. The highest BCUT2D eigenvalue weighted by atomic mass is 16.4. The van der Waals surface area contributed by atoms with Crippen molar-refractivity contribution in [2.45, 2.75) is 13.5 Å². The molecule has 0 aliphatic heterocycles. The van der Waals surface area contributed by atoms with E-state index in [-0.39, 0.29) is 0 Å². The number of carboxylic acids is 1. The second-order valence-electron chi connectivity index (χ2n) is 3.18. The summed E-state index contributed by atoms with van der Waals surface area (Å²) < 4.78 is 0. The molecule has 0 bridgehead atoms. The molecule has 1 aromatic rings. The monoisotopic (exact) mass is 206 g/mol. The molecule has 0 atom stereocenters. The summed E-state index contributed by atoms with van der Waals surface area (Å²) in [5.41, 5.74) is 1.44. The van der Waals surface area contributed by atoms with Crippen LogP contribution in [0.4, 0.5) is 0 Å². The SMILES string of the molecule is C/C(=C/CNCc1cccnc1)C(=O)O. The van der Waals surface area contributed by atoms with Gasteiger partial charge >= 0.3 is 5.97 Å². The summed E-state index contributed by atoms with van der Waals surface area (Å²) in [6, 6.07) is 3.84. The minimum absolute atomic E-state index is 0.355. The first-order valence-corrected chi connectivity index (χ1v) is 4.70. The molecule has 0 aliphatic rings. The second-order valence-corrected chi connectivity index (χ2v) is 3.18. The van der Waals surface area contributed by atoms with E-state index in [1.54, 1.807) is 25.4 Å². The van der Waals surface area contributed by atoms with Gasteiger partial charge in [0.05, 0.1) is 0 Å². The number of rotatable bonds is 5. The number of nitrogens with zero attached hydrogens (tertiary/aromatic N) is 1. The van der Waals surface area contributed by atoms with Crippen molar-refractivity contribution in [3.05, 3.63) is 41.7 Å². The van der Waals surface area contributed by atoms with Crippen molar-refractivity contribution in [1.82, 2.24) is 10.3 Å². The first-order chi connectivity index (χ1) is 7.20. The number of carbonyl (C=O) groups is 1. The second kappa shape index (κ2) is 5.93. The van der Waals surface area contributed by atoms with Gasteiger partial charge in [-0.3, -0.25) is 4.98 Å². The summed E-state index contributed by atoms with van der Waals surface area (Å²) in [6.45, 7) is 2.82. The van der Waals surface area contributed by atoms with Crippen LogP contribution in [0.5, 0.6) is 0 Å². The van der Waals surface area contributed by atoms with E-state index in [1.807, 2.05) is 12.1 Å². The molecule has 0 fully saturated rings. The van der Waals surface area contributed by atoms with Crippen LogP contribution in [0.3, 0.4) is 0 Å². The average molecular weight is 206 g/mol. The van der Waals surface area contributed by atoms with E-state index in [4.69, 9.17) is 5.11 Å². The Morgan fingerprint density at radius 1 is 1.67 bits per heavy atom. The zero-order valence-electron chi connectivity index (χ0n) is 8.60. The molecule has 0 aliphatic carbocycles. The number of hydrogen-bond acceptors (Lipinski definition) is 3. The number of carboxylic acid groups (broad SMARTS) is 1. The molecule has 1 aromatic heterocycles. The lowest BCUT2D eigenvalue weighted by Crippen LogP contribution is -2.14. The van der Waals surface area contributed by atoms with Crippen LogP contribution in [0.15, 0.2) is 36.2 Å². The van der Waals surface area contributed by atoms with Crippen molar-refractivity contribution in [3.63, 3.8) is 0 Å². The topological polar surface area (TPSA) is 62.2 Å². The lowest BCUT2D eigenvalue weighted by Gasteiger charge is -2.01. The van der Waals surface area contributed by atoms with Crippen LogP contribution in [-0.4, -0.2) is 22.6 Å². The third-order valence-electron chi connectivity index (χ3n) is 1.94. The molecule has 2 N–H and O–H groups in total. The molecule has 1 rings (SSSR count). The van der Waals surface area contributed by atoms with Gasteiger partial charge in [0, 0.05) is 31.1 Å². The molecule has 80 valence electrons. The number of aromatic nitrogens is 1. The van der Waals surface area contributed by atoms with E-state index in [0.717, 1.165) is 5.56 Å². The minimum atomic E-state index is -0.877. The van der Waals surface area contributed by atoms with Crippen LogP contribution in [0.1, 0.15) is 12.5 Å². The maximum Gasteiger partial charge on any atom is 0.330 e. The molecular weight excluding hydrogens is 192 g/mol. The van der Waals surface area contributed by atoms with Crippen molar-refractivity contribution in [2.24, 2.45) is 0 Å². The van der Waals surface area contributed by atoms with Crippen LogP contribution in [-0.2, 0) is 11.3 Å². The maximum absolute atomic E-state index is 10.5. The number of aliphatic carboxylic acids is 1. The maximum atomic E-state index is 10.5. The zero-order chi connectivity index (χ0) is 11.1. The fourth-order valence-corrected chi connectivity index (χ4v) is 1.03. The predicted octanol–water partition coefficient (Wildman–Crippen LogP) is 1.20. The summed E-state index contributed by atoms with van der Waals surface area (Å²) in [5.74, 6) is -0.877. The van der Waals surface area contributed by atoms with E-state index < -0.39 is 5.97 Å². The minimum Gasteiger partial charge on any atom is -0.478 e. The quantitative estimate of drug-likeness (QED) is 0.561. The molecule has 4 nitrogen and oxygen atoms in total. The third-order valence-corrected chi connectivity index (χ3v) is 1.94. The molecule has 1 heterocycles. The Morgan fingerprint density at radius 3 is 3.07 bits per heavy atom. The zero-order valence-corrected chi connectivity index (χ0v) is 8.60. The standard InChI is InChI=1S/C11H14N2O2/c1-9(11(14)15)4-6-13-8-10-3-2-5-12-7-10/h2-5,7,13H,6,8H2,1H3,(H,14,15)/b9-4-. The number of hydrogen-bond donors (Lipinski definition) is 2. The first kappa shape index (κ1) is 11.4. The normalized spacial score (nSPS) is 11.4. The van der Waals surface area contributed by atoms with Crippen molar-refractivity contribution < 1.29 is 9.90 Å². The lowest BCUT2D eigenvalue weighted by atomic mass is 10.2. The van der Waals surface area contributed by atoms with Crippen LogP contribution in [0.25, 0.3) is 0 Å². The van der Waals surface area contributed by atoms with Crippen LogP contribution in [0, 0.1) is 0 Å². The number of nitrogens with one attached hydrogen (secondary N) is 1. The largest absolute Gasteiger partial charge is 0.478 e. The lowest BCUT2D eigenvalue weighted by molar-refractivity contribution is -0.132. The average Bonchev–Trinajstić information content (AvgIpc) is 2.25. The van der Waals surface area contributed by atoms with Crippen molar-refractivity contribution >= 4 is 5.97 Å². The molecule has 0 radical (unpaired) electrons. The fourth-order valence-electron chi connectivity index (χ4n) is 1.03. The Kier molecular flexibility index (Phi) is 4.50. The summed E-state index contributed by atoms with van der Waals surface area (Å²) >= 11 is 0. The Bertz CT molecular complexity index is 347. The van der Waals surface area contributed by atoms with E-state index in [2.05, 4.69) is 10.3 Å². The van der Waals surface area contributed by atoms with Crippen LogP contribution < -0.4 is 5.32 Å². The van der Waals surface area contributed by atoms with Gasteiger partial charge in [0.25, 0.3) is 0 Å². The number of pyridine rings is 1. The highest BCUT2D eigenvalue weighted by molar-refractivity contribution is 5.85. The summed E-state index contributed by atoms with van der Waals surface area (Å²) in [4.78, 5) is 14.4. The Labute approximate surface area is 88.7 Å². The molecular formula is C11H14N2O2. The fraction of sp³-hybridized carbons (Fsp3) is 0.273. The highest BCUT2D eigenvalue weighted by Crippen LogP contribution is 1.94. The third kappa shape index (κ3) is 4.37. The van der Waals surface area contributed by atoms with Crippen LogP contribution in [0.2, 0.25) is 0 Å². The van der Waals surface area contributed by atoms with Gasteiger partial charge in [-0.2, -0.15) is 0 Å². The molecule has 0 amide bonds. The smallest absolute Gasteiger partial charge is 0.330 e. The van der Waals surface area contributed by atoms with E-state index in [9.17, 15) is 4.79 Å². The molecule has 0 unspecified atom stereocenters. The van der Waals surface area contributed by atoms with Gasteiger partial charge in [-0.25, -0.2) is 4.79 Å². The summed E-state index contributed by atoms with van der Waals surface area (Å²) in [6.07, 6.45) is 5.15. The van der Waals surface area contributed by atoms with Gasteiger partial charge in [-0.05, 0) is 18.6 Å². The van der Waals surface area contributed by atoms with Gasteiger partial charge in [0.2, 0.25) is 0 Å². The Balaban J connectivity index is 2.29.